The Balaban J connectivity index is 2.07. The van der Waals surface area contributed by atoms with Gasteiger partial charge >= 0.3 is 0 Å². The number of hydrogen-bond donors (Lipinski definition) is 2. The van der Waals surface area contributed by atoms with Crippen molar-refractivity contribution in [1.82, 2.24) is 10.6 Å². The van der Waals surface area contributed by atoms with E-state index in [0.29, 0.717) is 12.1 Å². The number of carbonyl (C=O) groups excluding carboxylic acids is 1. The molecule has 2 fully saturated rings. The summed E-state index contributed by atoms with van der Waals surface area (Å²) < 4.78 is 0. The molecule has 11 heavy (non-hydrogen) atoms. The maximum Gasteiger partial charge on any atom is 0.148 e. The Bertz CT molecular complexity index is 181. The van der Waals surface area contributed by atoms with Gasteiger partial charge < -0.3 is 10.6 Å². The summed E-state index contributed by atoms with van der Waals surface area (Å²) in [5.74, 6) is 0.267. The van der Waals surface area contributed by atoms with Gasteiger partial charge in [0.2, 0.25) is 0 Å². The minimum atomic E-state index is 0.0775. The van der Waals surface area contributed by atoms with Gasteiger partial charge in [0.05, 0.1) is 6.04 Å². The molecular weight excluding hydrogens is 140 g/mol. The van der Waals surface area contributed by atoms with E-state index < -0.39 is 0 Å². The molecule has 3 unspecified atom stereocenters. The van der Waals surface area contributed by atoms with Gasteiger partial charge in [-0.25, -0.2) is 0 Å². The first kappa shape index (κ1) is 7.25. The predicted molar refractivity (Wildman–Crippen MR) is 42.4 cm³/mol. The molecule has 0 aromatic heterocycles. The highest BCUT2D eigenvalue weighted by Gasteiger charge is 2.36. The molecule has 0 aromatic rings. The number of ketones is 1. The van der Waals surface area contributed by atoms with Crippen LogP contribution in [0.2, 0.25) is 0 Å². The van der Waals surface area contributed by atoms with Crippen molar-refractivity contribution in [2.24, 2.45) is 0 Å². The SMILES string of the molecule is CC(=O)C1NCC2CCC1N2. The fourth-order valence-corrected chi connectivity index (χ4v) is 2.11. The number of nitrogens with one attached hydrogen (secondary N) is 2. The summed E-state index contributed by atoms with van der Waals surface area (Å²) in [7, 11) is 0. The van der Waals surface area contributed by atoms with Crippen LogP contribution >= 0.6 is 0 Å². The highest BCUT2D eigenvalue weighted by molar-refractivity contribution is 5.82. The number of hydrogen-bond acceptors (Lipinski definition) is 3. The van der Waals surface area contributed by atoms with Crippen LogP contribution in [0.1, 0.15) is 19.8 Å². The molecule has 0 amide bonds. The molecule has 0 aromatic carbocycles. The molecule has 2 saturated heterocycles. The van der Waals surface area contributed by atoms with Crippen molar-refractivity contribution in [3.63, 3.8) is 0 Å². The third kappa shape index (κ3) is 1.19. The first-order chi connectivity index (χ1) is 5.27. The normalized spacial score (nSPS) is 42.5. The van der Waals surface area contributed by atoms with Crippen molar-refractivity contribution in [1.29, 1.82) is 0 Å². The first-order valence-corrected chi connectivity index (χ1v) is 4.27. The Kier molecular flexibility index (Phi) is 1.69. The largest absolute Gasteiger partial charge is 0.308 e. The zero-order chi connectivity index (χ0) is 7.84. The summed E-state index contributed by atoms with van der Waals surface area (Å²) in [5.41, 5.74) is 0. The lowest BCUT2D eigenvalue weighted by atomic mass is 10.0. The molecule has 2 rings (SSSR count). The van der Waals surface area contributed by atoms with Crippen molar-refractivity contribution < 1.29 is 4.79 Å². The van der Waals surface area contributed by atoms with E-state index in [1.165, 1.54) is 6.42 Å². The lowest BCUT2D eigenvalue weighted by molar-refractivity contribution is -0.119. The van der Waals surface area contributed by atoms with Gasteiger partial charge in [0.25, 0.3) is 0 Å². The molecule has 3 nitrogen and oxygen atoms in total. The smallest absolute Gasteiger partial charge is 0.148 e. The second-order valence-corrected chi connectivity index (χ2v) is 3.54. The lowest BCUT2D eigenvalue weighted by Gasteiger charge is -2.29. The molecule has 0 radical (unpaired) electrons. The Hall–Kier alpha value is -0.410. The predicted octanol–water partition coefficient (Wildman–Crippen LogP) is -0.332. The molecule has 2 aliphatic heterocycles. The third-order valence-electron chi connectivity index (χ3n) is 2.70. The number of fused-ring (bicyclic) bond motifs is 2. The molecule has 2 aliphatic rings. The number of carbonyl (C=O) groups is 1. The van der Waals surface area contributed by atoms with E-state index in [0.717, 1.165) is 13.0 Å². The van der Waals surface area contributed by atoms with Gasteiger partial charge in [0.1, 0.15) is 5.78 Å². The first-order valence-electron chi connectivity index (χ1n) is 4.27. The van der Waals surface area contributed by atoms with E-state index in [2.05, 4.69) is 10.6 Å². The maximum atomic E-state index is 11.1. The number of Topliss-reactive ketones (excluding diaryl/α,β-unsaturated/α-hetero) is 1. The highest BCUT2D eigenvalue weighted by Crippen LogP contribution is 2.19. The summed E-state index contributed by atoms with van der Waals surface area (Å²) in [4.78, 5) is 11.1. The zero-order valence-electron chi connectivity index (χ0n) is 6.76. The van der Waals surface area contributed by atoms with E-state index in [4.69, 9.17) is 0 Å². The Morgan fingerprint density at radius 3 is 3.00 bits per heavy atom. The Morgan fingerprint density at radius 2 is 2.27 bits per heavy atom. The summed E-state index contributed by atoms with van der Waals surface area (Å²) in [5, 5.41) is 6.71. The monoisotopic (exact) mass is 154 g/mol. The molecule has 0 spiro atoms. The minimum Gasteiger partial charge on any atom is -0.308 e. The average molecular weight is 154 g/mol. The van der Waals surface area contributed by atoms with Crippen LogP contribution in [-0.2, 0) is 4.79 Å². The lowest BCUT2D eigenvalue weighted by Crippen LogP contribution is -2.58. The molecular formula is C8H14N2O. The van der Waals surface area contributed by atoms with Gasteiger partial charge in [0, 0.05) is 18.6 Å². The van der Waals surface area contributed by atoms with E-state index in [1.54, 1.807) is 6.92 Å². The molecule has 2 heterocycles. The highest BCUT2D eigenvalue weighted by atomic mass is 16.1. The Labute approximate surface area is 66.5 Å². The molecule has 0 aliphatic carbocycles. The van der Waals surface area contributed by atoms with Crippen molar-refractivity contribution in [3.05, 3.63) is 0 Å². The molecule has 62 valence electrons. The van der Waals surface area contributed by atoms with Crippen LogP contribution in [0.15, 0.2) is 0 Å². The summed E-state index contributed by atoms with van der Waals surface area (Å²) in [6, 6.07) is 1.11. The van der Waals surface area contributed by atoms with Crippen LogP contribution in [0.4, 0.5) is 0 Å². The van der Waals surface area contributed by atoms with Crippen molar-refractivity contribution >= 4 is 5.78 Å². The van der Waals surface area contributed by atoms with E-state index >= 15 is 0 Å². The fraction of sp³-hybridized carbons (Fsp3) is 0.875. The Morgan fingerprint density at radius 1 is 1.45 bits per heavy atom. The zero-order valence-corrected chi connectivity index (χ0v) is 6.76. The van der Waals surface area contributed by atoms with E-state index in [-0.39, 0.29) is 11.8 Å². The van der Waals surface area contributed by atoms with Gasteiger partial charge in [-0.3, -0.25) is 4.79 Å². The van der Waals surface area contributed by atoms with Gasteiger partial charge in [-0.05, 0) is 19.8 Å². The second kappa shape index (κ2) is 2.57. The summed E-state index contributed by atoms with van der Waals surface area (Å²) in [6.07, 6.45) is 2.38. The molecule has 2 N–H and O–H groups in total. The average Bonchev–Trinajstić information content (AvgIpc) is 2.32. The quantitative estimate of drug-likeness (QED) is 0.543. The van der Waals surface area contributed by atoms with Crippen molar-refractivity contribution in [3.8, 4) is 0 Å². The van der Waals surface area contributed by atoms with Gasteiger partial charge in [-0.1, -0.05) is 0 Å². The number of piperazine rings is 1. The summed E-state index contributed by atoms with van der Waals surface area (Å²) >= 11 is 0. The van der Waals surface area contributed by atoms with Crippen LogP contribution in [0.3, 0.4) is 0 Å². The molecule has 2 bridgehead atoms. The maximum absolute atomic E-state index is 11.1. The third-order valence-corrected chi connectivity index (χ3v) is 2.70. The van der Waals surface area contributed by atoms with Gasteiger partial charge in [-0.15, -0.1) is 0 Å². The van der Waals surface area contributed by atoms with Crippen LogP contribution in [-0.4, -0.2) is 30.5 Å². The topological polar surface area (TPSA) is 41.1 Å². The molecule has 3 heteroatoms. The molecule has 0 saturated carbocycles. The van der Waals surface area contributed by atoms with Crippen LogP contribution in [0, 0.1) is 0 Å². The van der Waals surface area contributed by atoms with Crippen LogP contribution < -0.4 is 10.6 Å². The van der Waals surface area contributed by atoms with Crippen molar-refractivity contribution in [2.45, 2.75) is 37.9 Å². The molecule has 3 atom stereocenters. The van der Waals surface area contributed by atoms with Gasteiger partial charge in [-0.2, -0.15) is 0 Å². The van der Waals surface area contributed by atoms with E-state index in [1.807, 2.05) is 0 Å². The van der Waals surface area contributed by atoms with E-state index in [9.17, 15) is 4.79 Å². The van der Waals surface area contributed by atoms with Gasteiger partial charge in [0.15, 0.2) is 0 Å². The van der Waals surface area contributed by atoms with Crippen molar-refractivity contribution in [2.75, 3.05) is 6.54 Å². The standard InChI is InChI=1S/C8H14N2O/c1-5(11)8-7-3-2-6(10-7)4-9-8/h6-10H,2-4H2,1H3. The van der Waals surface area contributed by atoms with Crippen LogP contribution in [0.25, 0.3) is 0 Å². The van der Waals surface area contributed by atoms with Crippen LogP contribution in [0.5, 0.6) is 0 Å². The summed E-state index contributed by atoms with van der Waals surface area (Å²) in [6.45, 7) is 2.62. The fourth-order valence-electron chi connectivity index (χ4n) is 2.11. The number of rotatable bonds is 1. The minimum absolute atomic E-state index is 0.0775. The second-order valence-electron chi connectivity index (χ2n) is 3.54.